The molecule has 0 aliphatic rings. The second-order valence-electron chi connectivity index (χ2n) is 12.3. The van der Waals surface area contributed by atoms with Crippen LogP contribution in [-0.2, 0) is 0 Å². The highest BCUT2D eigenvalue weighted by molar-refractivity contribution is 6.21. The molecule has 0 bridgehead atoms. The Morgan fingerprint density at radius 2 is 0.980 bits per heavy atom. The Hall–Kier alpha value is -6.94. The predicted octanol–water partition coefficient (Wildman–Crippen LogP) is 12.5. The summed E-state index contributed by atoms with van der Waals surface area (Å²) in [5, 5.41) is 17.6. The molecule has 0 radical (unpaired) electrons. The van der Waals surface area contributed by atoms with E-state index in [2.05, 4.69) is 149 Å². The van der Waals surface area contributed by atoms with Crippen molar-refractivity contribution in [3.05, 3.63) is 181 Å². The molecular formula is C46H27N3. The molecule has 0 amide bonds. The molecule has 0 saturated heterocycles. The number of para-hydroxylation sites is 2. The van der Waals surface area contributed by atoms with Gasteiger partial charge in [-0.15, -0.1) is 0 Å². The van der Waals surface area contributed by atoms with Gasteiger partial charge in [0, 0.05) is 16.5 Å². The van der Waals surface area contributed by atoms with Crippen LogP contribution < -0.4 is 0 Å². The predicted molar refractivity (Wildman–Crippen MR) is 203 cm³/mol. The van der Waals surface area contributed by atoms with E-state index in [4.69, 9.17) is 6.57 Å². The van der Waals surface area contributed by atoms with E-state index in [1.807, 2.05) is 30.3 Å². The highest BCUT2D eigenvalue weighted by Crippen LogP contribution is 2.45. The van der Waals surface area contributed by atoms with Gasteiger partial charge in [0.15, 0.2) is 5.69 Å². The van der Waals surface area contributed by atoms with Gasteiger partial charge in [-0.05, 0) is 85.3 Å². The number of hydrogen-bond acceptors (Lipinski definition) is 1. The standard InChI is InChI=1S/C46H27N3/c1-48-42-26-24-33(49-43-21-11-9-15-35(43)36-16-10-12-22-44(36)49)28-41(42)34-25-23-31(27-32(34)29-47)46-39-19-7-5-17-37(39)45(30-13-3-2-4-14-30)38-18-6-8-20-40(38)46/h2-28H. The monoisotopic (exact) mass is 621 g/mol. The van der Waals surface area contributed by atoms with Gasteiger partial charge in [-0.25, -0.2) is 4.85 Å². The van der Waals surface area contributed by atoms with Crippen molar-refractivity contribution < 1.29 is 0 Å². The fraction of sp³-hybridized carbons (Fsp3) is 0. The highest BCUT2D eigenvalue weighted by atomic mass is 15.0. The molecule has 3 heteroatoms. The summed E-state index contributed by atoms with van der Waals surface area (Å²) in [6.07, 6.45) is 0. The molecule has 9 aromatic rings. The van der Waals surface area contributed by atoms with Crippen molar-refractivity contribution in [3.8, 4) is 45.1 Å². The van der Waals surface area contributed by atoms with Crippen molar-refractivity contribution >= 4 is 49.0 Å². The molecule has 0 aliphatic heterocycles. The third kappa shape index (κ3) is 4.42. The van der Waals surface area contributed by atoms with Gasteiger partial charge in [0.2, 0.25) is 0 Å². The molecule has 49 heavy (non-hydrogen) atoms. The minimum absolute atomic E-state index is 0.511. The molecule has 0 unspecified atom stereocenters. The molecule has 226 valence electrons. The average Bonchev–Trinajstić information content (AvgIpc) is 3.51. The number of benzene rings is 8. The topological polar surface area (TPSA) is 33.1 Å². The van der Waals surface area contributed by atoms with Crippen LogP contribution in [-0.4, -0.2) is 4.57 Å². The van der Waals surface area contributed by atoms with E-state index >= 15 is 0 Å². The van der Waals surface area contributed by atoms with Gasteiger partial charge in [-0.3, -0.25) is 0 Å². The van der Waals surface area contributed by atoms with Gasteiger partial charge in [0.1, 0.15) is 0 Å². The second kappa shape index (κ2) is 11.4. The zero-order valence-corrected chi connectivity index (χ0v) is 26.4. The molecule has 9 rings (SSSR count). The van der Waals surface area contributed by atoms with Crippen LogP contribution in [0.3, 0.4) is 0 Å². The van der Waals surface area contributed by atoms with E-state index in [1.165, 1.54) is 32.7 Å². The van der Waals surface area contributed by atoms with Crippen LogP contribution in [0.1, 0.15) is 5.56 Å². The number of nitrogens with zero attached hydrogens (tertiary/aromatic N) is 3. The summed E-state index contributed by atoms with van der Waals surface area (Å²) in [6.45, 7) is 8.05. The van der Waals surface area contributed by atoms with E-state index in [0.29, 0.717) is 11.3 Å². The van der Waals surface area contributed by atoms with Gasteiger partial charge in [-0.2, -0.15) is 5.26 Å². The minimum Gasteiger partial charge on any atom is -0.309 e. The molecule has 0 spiro atoms. The molecule has 0 atom stereocenters. The maximum absolute atomic E-state index is 10.6. The maximum Gasteiger partial charge on any atom is 0.195 e. The Morgan fingerprint density at radius 1 is 0.469 bits per heavy atom. The summed E-state index contributed by atoms with van der Waals surface area (Å²) in [6, 6.07) is 58.9. The van der Waals surface area contributed by atoms with Crippen molar-refractivity contribution in [1.29, 1.82) is 5.26 Å². The molecular weight excluding hydrogens is 595 g/mol. The van der Waals surface area contributed by atoms with Crippen LogP contribution in [0.15, 0.2) is 164 Å². The SMILES string of the molecule is [C-]#[N+]c1ccc(-n2c3ccccc3c3ccccc32)cc1-c1ccc(-c2c3ccccc3c(-c3ccccc3)c3ccccc23)cc1C#N. The van der Waals surface area contributed by atoms with E-state index in [-0.39, 0.29) is 0 Å². The first-order chi connectivity index (χ1) is 24.2. The molecule has 0 N–H and O–H groups in total. The normalized spacial score (nSPS) is 11.2. The van der Waals surface area contributed by atoms with Crippen LogP contribution >= 0.6 is 0 Å². The number of hydrogen-bond donors (Lipinski definition) is 0. The van der Waals surface area contributed by atoms with E-state index in [0.717, 1.165) is 49.7 Å². The van der Waals surface area contributed by atoms with Crippen molar-refractivity contribution in [1.82, 2.24) is 4.57 Å². The Labute approximate surface area is 284 Å². The summed E-state index contributed by atoms with van der Waals surface area (Å²) in [7, 11) is 0. The molecule has 0 fully saturated rings. The van der Waals surface area contributed by atoms with Crippen LogP contribution in [0, 0.1) is 17.9 Å². The van der Waals surface area contributed by atoms with Crippen LogP contribution in [0.2, 0.25) is 0 Å². The molecule has 0 aliphatic carbocycles. The smallest absolute Gasteiger partial charge is 0.195 e. The summed E-state index contributed by atoms with van der Waals surface area (Å²) < 4.78 is 2.24. The zero-order valence-electron chi connectivity index (χ0n) is 26.4. The number of fused-ring (bicyclic) bond motifs is 5. The van der Waals surface area contributed by atoms with Crippen molar-refractivity contribution in [2.45, 2.75) is 0 Å². The van der Waals surface area contributed by atoms with E-state index in [1.54, 1.807) is 0 Å². The third-order valence-corrected chi connectivity index (χ3v) is 9.65. The van der Waals surface area contributed by atoms with Crippen molar-refractivity contribution in [3.63, 3.8) is 0 Å². The Kier molecular flexibility index (Phi) is 6.58. The lowest BCUT2D eigenvalue weighted by atomic mass is 9.85. The summed E-state index contributed by atoms with van der Waals surface area (Å²) in [5.41, 5.74) is 10.1. The van der Waals surface area contributed by atoms with Crippen molar-refractivity contribution in [2.75, 3.05) is 0 Å². The molecule has 3 nitrogen and oxygen atoms in total. The van der Waals surface area contributed by atoms with Crippen LogP contribution in [0.4, 0.5) is 5.69 Å². The number of aromatic nitrogens is 1. The van der Waals surface area contributed by atoms with E-state index in [9.17, 15) is 5.26 Å². The Morgan fingerprint density at radius 3 is 1.53 bits per heavy atom. The van der Waals surface area contributed by atoms with Gasteiger partial charge in [0.05, 0.1) is 29.2 Å². The fourth-order valence-electron chi connectivity index (χ4n) is 7.56. The maximum atomic E-state index is 10.6. The summed E-state index contributed by atoms with van der Waals surface area (Å²) >= 11 is 0. The van der Waals surface area contributed by atoms with Gasteiger partial charge >= 0.3 is 0 Å². The van der Waals surface area contributed by atoms with Gasteiger partial charge in [-0.1, -0.05) is 133 Å². The first kappa shape index (κ1) is 28.3. The third-order valence-electron chi connectivity index (χ3n) is 9.65. The summed E-state index contributed by atoms with van der Waals surface area (Å²) in [4.78, 5) is 3.90. The van der Waals surface area contributed by atoms with Crippen LogP contribution in [0.25, 0.3) is 87.3 Å². The lowest BCUT2D eigenvalue weighted by molar-refractivity contribution is 1.18. The Bertz CT molecular complexity index is 2740. The number of rotatable bonds is 4. The molecule has 1 heterocycles. The fourth-order valence-corrected chi connectivity index (χ4v) is 7.56. The lowest BCUT2D eigenvalue weighted by Gasteiger charge is -2.18. The molecule has 0 saturated carbocycles. The quantitative estimate of drug-likeness (QED) is 0.142. The van der Waals surface area contributed by atoms with Crippen LogP contribution in [0.5, 0.6) is 0 Å². The van der Waals surface area contributed by atoms with Gasteiger partial charge < -0.3 is 4.57 Å². The minimum atomic E-state index is 0.511. The molecule has 8 aromatic carbocycles. The zero-order chi connectivity index (χ0) is 32.9. The lowest BCUT2D eigenvalue weighted by Crippen LogP contribution is -1.95. The van der Waals surface area contributed by atoms with Crippen molar-refractivity contribution in [2.24, 2.45) is 0 Å². The largest absolute Gasteiger partial charge is 0.309 e. The second-order valence-corrected chi connectivity index (χ2v) is 12.3. The highest BCUT2D eigenvalue weighted by Gasteiger charge is 2.19. The Balaban J connectivity index is 1.27. The first-order valence-corrected chi connectivity index (χ1v) is 16.3. The average molecular weight is 622 g/mol. The number of nitriles is 1. The van der Waals surface area contributed by atoms with Gasteiger partial charge in [0.25, 0.3) is 0 Å². The molecule has 1 aromatic heterocycles. The summed E-state index contributed by atoms with van der Waals surface area (Å²) in [5.74, 6) is 0. The first-order valence-electron chi connectivity index (χ1n) is 16.3. The van der Waals surface area contributed by atoms with E-state index < -0.39 is 0 Å².